The summed E-state index contributed by atoms with van der Waals surface area (Å²) in [7, 11) is 0. The lowest BCUT2D eigenvalue weighted by molar-refractivity contribution is -0.305. The van der Waals surface area contributed by atoms with Crippen LogP contribution in [0.4, 0.5) is 0 Å². The molecule has 27 heavy (non-hydrogen) atoms. The Kier molecular flexibility index (Phi) is 8.89. The van der Waals surface area contributed by atoms with Crippen LogP contribution >= 0.6 is 0 Å². The molecule has 5 atom stereocenters. The first-order chi connectivity index (χ1) is 12.6. The van der Waals surface area contributed by atoms with Gasteiger partial charge in [0.1, 0.15) is 12.7 Å². The van der Waals surface area contributed by atoms with Crippen LogP contribution < -0.4 is 0 Å². The van der Waals surface area contributed by atoms with Crippen LogP contribution in [-0.4, -0.2) is 67.8 Å². The van der Waals surface area contributed by atoms with Crippen molar-refractivity contribution in [1.29, 1.82) is 0 Å². The van der Waals surface area contributed by atoms with Gasteiger partial charge >= 0.3 is 23.9 Å². The van der Waals surface area contributed by atoms with Gasteiger partial charge in [-0.1, -0.05) is 6.08 Å². The minimum absolute atomic E-state index is 0.0355. The molecule has 0 spiro atoms. The van der Waals surface area contributed by atoms with Crippen molar-refractivity contribution in [2.24, 2.45) is 0 Å². The van der Waals surface area contributed by atoms with Gasteiger partial charge < -0.3 is 28.4 Å². The normalized spacial score (nSPS) is 27.2. The second-order valence-electron chi connectivity index (χ2n) is 5.69. The van der Waals surface area contributed by atoms with E-state index in [1.54, 1.807) is 0 Å². The van der Waals surface area contributed by atoms with Crippen molar-refractivity contribution in [2.75, 3.05) is 13.2 Å². The molecular formula is C17H24O10. The number of carbonyl (C=O) groups is 4. The Morgan fingerprint density at radius 3 is 1.85 bits per heavy atom. The third-order valence-electron chi connectivity index (χ3n) is 3.33. The molecule has 10 heteroatoms. The Morgan fingerprint density at radius 2 is 1.37 bits per heavy atom. The molecule has 0 aromatic rings. The first-order valence-corrected chi connectivity index (χ1v) is 8.18. The van der Waals surface area contributed by atoms with Crippen LogP contribution in [0, 0.1) is 0 Å². The number of esters is 4. The number of rotatable bonds is 8. The molecule has 0 aliphatic carbocycles. The van der Waals surface area contributed by atoms with E-state index < -0.39 is 54.6 Å². The summed E-state index contributed by atoms with van der Waals surface area (Å²) in [5.41, 5.74) is 0. The van der Waals surface area contributed by atoms with Crippen molar-refractivity contribution in [3.8, 4) is 0 Å². The molecule has 1 heterocycles. The molecule has 0 radical (unpaired) electrons. The van der Waals surface area contributed by atoms with Gasteiger partial charge in [0.15, 0.2) is 24.6 Å². The van der Waals surface area contributed by atoms with Gasteiger partial charge in [0.2, 0.25) is 0 Å². The molecule has 0 N–H and O–H groups in total. The van der Waals surface area contributed by atoms with Crippen molar-refractivity contribution in [1.82, 2.24) is 0 Å². The zero-order valence-electron chi connectivity index (χ0n) is 15.7. The Balaban J connectivity index is 3.24. The quantitative estimate of drug-likeness (QED) is 0.325. The maximum Gasteiger partial charge on any atom is 0.303 e. The van der Waals surface area contributed by atoms with Crippen LogP contribution in [0.15, 0.2) is 12.7 Å². The van der Waals surface area contributed by atoms with Gasteiger partial charge in [-0.2, -0.15) is 0 Å². The fourth-order valence-electron chi connectivity index (χ4n) is 2.49. The molecule has 0 bridgehead atoms. The van der Waals surface area contributed by atoms with Crippen LogP contribution in [-0.2, 0) is 47.6 Å². The third kappa shape index (κ3) is 7.35. The van der Waals surface area contributed by atoms with Crippen LogP contribution in [0.1, 0.15) is 27.7 Å². The van der Waals surface area contributed by atoms with Crippen molar-refractivity contribution in [3.63, 3.8) is 0 Å². The highest BCUT2D eigenvalue weighted by molar-refractivity contribution is 5.68. The van der Waals surface area contributed by atoms with Crippen molar-refractivity contribution < 1.29 is 47.6 Å². The van der Waals surface area contributed by atoms with Crippen molar-refractivity contribution in [3.05, 3.63) is 12.7 Å². The lowest BCUT2D eigenvalue weighted by Crippen LogP contribution is -2.62. The van der Waals surface area contributed by atoms with Crippen LogP contribution in [0.5, 0.6) is 0 Å². The summed E-state index contributed by atoms with van der Waals surface area (Å²) < 4.78 is 31.7. The standard InChI is InChI=1S/C17H24O10/c1-6-7-22-17-16(26-12(5)21)15(25-11(4)20)14(24-10(3)19)13(27-17)8-23-9(2)18/h6,13-17H,1,7-8H2,2-5H3/t13-,14-,15?,16-,17-/m1/s1. The topological polar surface area (TPSA) is 124 Å². The van der Waals surface area contributed by atoms with Gasteiger partial charge in [-0.3, -0.25) is 19.2 Å². The molecule has 152 valence electrons. The summed E-state index contributed by atoms with van der Waals surface area (Å²) in [4.78, 5) is 45.8. The Labute approximate surface area is 156 Å². The maximum atomic E-state index is 11.6. The highest BCUT2D eigenvalue weighted by Gasteiger charge is 2.52. The number of hydrogen-bond donors (Lipinski definition) is 0. The Morgan fingerprint density at radius 1 is 0.852 bits per heavy atom. The highest BCUT2D eigenvalue weighted by Crippen LogP contribution is 2.29. The van der Waals surface area contributed by atoms with Crippen molar-refractivity contribution >= 4 is 23.9 Å². The van der Waals surface area contributed by atoms with E-state index in [9.17, 15) is 19.2 Å². The lowest BCUT2D eigenvalue weighted by atomic mass is 9.98. The van der Waals surface area contributed by atoms with Gasteiger partial charge in [0, 0.05) is 27.7 Å². The molecule has 1 aliphatic heterocycles. The monoisotopic (exact) mass is 388 g/mol. The highest BCUT2D eigenvalue weighted by atomic mass is 16.7. The van der Waals surface area contributed by atoms with Crippen LogP contribution in [0.25, 0.3) is 0 Å². The van der Waals surface area contributed by atoms with Gasteiger partial charge in [0.25, 0.3) is 0 Å². The number of ether oxygens (including phenoxy) is 6. The molecule has 1 saturated heterocycles. The first-order valence-electron chi connectivity index (χ1n) is 8.18. The molecule has 0 aromatic carbocycles. The fourth-order valence-corrected chi connectivity index (χ4v) is 2.49. The third-order valence-corrected chi connectivity index (χ3v) is 3.33. The molecule has 0 amide bonds. The SMILES string of the molecule is C=CCO[C@@H]1O[C@H](COC(C)=O)[C@@H](OC(C)=O)C(OC(C)=O)[C@H]1OC(C)=O. The number of hydrogen-bond acceptors (Lipinski definition) is 10. The second kappa shape index (κ2) is 10.6. The fraction of sp³-hybridized carbons (Fsp3) is 0.647. The maximum absolute atomic E-state index is 11.6. The van der Waals surface area contributed by atoms with Gasteiger partial charge in [0.05, 0.1) is 6.61 Å². The molecule has 1 aliphatic rings. The average Bonchev–Trinajstić information content (AvgIpc) is 2.54. The molecule has 0 aromatic heterocycles. The number of carbonyl (C=O) groups excluding carboxylic acids is 4. The van der Waals surface area contributed by atoms with E-state index in [-0.39, 0.29) is 13.2 Å². The summed E-state index contributed by atoms with van der Waals surface area (Å²) in [6.45, 7) is 7.90. The Bertz CT molecular complexity index is 572. The predicted molar refractivity (Wildman–Crippen MR) is 88.1 cm³/mol. The van der Waals surface area contributed by atoms with Gasteiger partial charge in [-0.15, -0.1) is 6.58 Å². The van der Waals surface area contributed by atoms with Gasteiger partial charge in [-0.05, 0) is 0 Å². The summed E-state index contributed by atoms with van der Waals surface area (Å²) in [5, 5.41) is 0. The van der Waals surface area contributed by atoms with Gasteiger partial charge in [-0.25, -0.2) is 0 Å². The average molecular weight is 388 g/mol. The second-order valence-corrected chi connectivity index (χ2v) is 5.69. The summed E-state index contributed by atoms with van der Waals surface area (Å²) in [6, 6.07) is 0. The van der Waals surface area contributed by atoms with E-state index >= 15 is 0 Å². The van der Waals surface area contributed by atoms with E-state index in [2.05, 4.69) is 6.58 Å². The molecular weight excluding hydrogens is 364 g/mol. The van der Waals surface area contributed by atoms with E-state index in [0.29, 0.717) is 0 Å². The van der Waals surface area contributed by atoms with E-state index in [0.717, 1.165) is 20.8 Å². The van der Waals surface area contributed by atoms with E-state index in [1.165, 1.54) is 13.0 Å². The summed E-state index contributed by atoms with van der Waals surface area (Å²) in [6.07, 6.45) is -4.41. The van der Waals surface area contributed by atoms with Crippen molar-refractivity contribution in [2.45, 2.75) is 58.4 Å². The summed E-state index contributed by atoms with van der Waals surface area (Å²) >= 11 is 0. The van der Waals surface area contributed by atoms with E-state index in [1.807, 2.05) is 0 Å². The molecule has 10 nitrogen and oxygen atoms in total. The van der Waals surface area contributed by atoms with Crippen LogP contribution in [0.3, 0.4) is 0 Å². The molecule has 0 saturated carbocycles. The van der Waals surface area contributed by atoms with E-state index in [4.69, 9.17) is 28.4 Å². The Hall–Kier alpha value is -2.46. The predicted octanol–water partition coefficient (Wildman–Crippen LogP) is 0.272. The molecule has 1 fully saturated rings. The molecule has 1 unspecified atom stereocenters. The first kappa shape index (κ1) is 22.6. The largest absolute Gasteiger partial charge is 0.463 e. The minimum Gasteiger partial charge on any atom is -0.463 e. The zero-order valence-corrected chi connectivity index (χ0v) is 15.7. The zero-order chi connectivity index (χ0) is 20.6. The minimum atomic E-state index is -1.24. The smallest absolute Gasteiger partial charge is 0.303 e. The summed E-state index contributed by atoms with van der Waals surface area (Å²) in [5.74, 6) is -2.67. The molecule has 1 rings (SSSR count). The van der Waals surface area contributed by atoms with Crippen LogP contribution in [0.2, 0.25) is 0 Å². The lowest BCUT2D eigenvalue weighted by Gasteiger charge is -2.43.